The fourth-order valence-corrected chi connectivity index (χ4v) is 5.23. The van der Waals surface area contributed by atoms with Gasteiger partial charge in [-0.3, -0.25) is 4.79 Å². The second-order valence-corrected chi connectivity index (χ2v) is 10.3. The molecule has 0 spiro atoms. The number of benzene rings is 1. The Labute approximate surface area is 203 Å². The van der Waals surface area contributed by atoms with Crippen molar-refractivity contribution in [2.75, 3.05) is 19.8 Å². The maximum atomic E-state index is 13.2. The third-order valence-electron chi connectivity index (χ3n) is 6.57. The van der Waals surface area contributed by atoms with E-state index < -0.39 is 0 Å². The summed E-state index contributed by atoms with van der Waals surface area (Å²) in [5.41, 5.74) is 3.01. The van der Waals surface area contributed by atoms with Crippen LogP contribution >= 0.6 is 11.3 Å². The lowest BCUT2D eigenvalue weighted by atomic mass is 9.85. The van der Waals surface area contributed by atoms with Crippen molar-refractivity contribution >= 4 is 17.2 Å². The van der Waals surface area contributed by atoms with Crippen LogP contribution in [0.5, 0.6) is 5.75 Å². The van der Waals surface area contributed by atoms with Gasteiger partial charge in [0.25, 0.3) is 5.91 Å². The third-order valence-corrected chi connectivity index (χ3v) is 7.78. The summed E-state index contributed by atoms with van der Waals surface area (Å²) >= 11 is 1.72. The van der Waals surface area contributed by atoms with Gasteiger partial charge in [0.15, 0.2) is 0 Å². The SMILES string of the molecule is Cc1ccc(C(C)NC(=O)c2cc(OC[C@H]3CCOC3)cc(-c3ncc(C4CCC4)s3)c2)nn1. The van der Waals surface area contributed by atoms with Gasteiger partial charge in [-0.2, -0.15) is 10.2 Å². The van der Waals surface area contributed by atoms with E-state index in [1.807, 2.05) is 50.4 Å². The van der Waals surface area contributed by atoms with Crippen LogP contribution < -0.4 is 10.1 Å². The van der Waals surface area contributed by atoms with Crippen molar-refractivity contribution in [1.82, 2.24) is 20.5 Å². The van der Waals surface area contributed by atoms with Crippen molar-refractivity contribution in [3.63, 3.8) is 0 Å². The molecule has 2 fully saturated rings. The normalized spacial score (nSPS) is 18.9. The number of aryl methyl sites for hydroxylation is 1. The molecule has 1 aliphatic carbocycles. The van der Waals surface area contributed by atoms with Gasteiger partial charge in [-0.15, -0.1) is 11.3 Å². The number of hydrogen-bond donors (Lipinski definition) is 1. The van der Waals surface area contributed by atoms with Gasteiger partial charge in [-0.1, -0.05) is 6.42 Å². The fourth-order valence-electron chi connectivity index (χ4n) is 4.16. The van der Waals surface area contributed by atoms with Crippen LogP contribution in [-0.2, 0) is 4.74 Å². The Bertz CT molecular complexity index is 1140. The molecule has 1 saturated heterocycles. The highest BCUT2D eigenvalue weighted by atomic mass is 32.1. The van der Waals surface area contributed by atoms with Gasteiger partial charge in [0.05, 0.1) is 30.6 Å². The van der Waals surface area contributed by atoms with Gasteiger partial charge in [0.1, 0.15) is 10.8 Å². The lowest BCUT2D eigenvalue weighted by Gasteiger charge is -2.23. The number of carbonyl (C=O) groups is 1. The molecule has 1 saturated carbocycles. The zero-order valence-electron chi connectivity index (χ0n) is 19.6. The Morgan fingerprint density at radius 2 is 2.12 bits per heavy atom. The van der Waals surface area contributed by atoms with E-state index in [1.165, 1.54) is 24.1 Å². The maximum absolute atomic E-state index is 13.2. The first-order valence-electron chi connectivity index (χ1n) is 12.0. The Morgan fingerprint density at radius 1 is 1.24 bits per heavy atom. The Kier molecular flexibility index (Phi) is 6.87. The number of nitrogens with zero attached hydrogens (tertiary/aromatic N) is 3. The Morgan fingerprint density at radius 3 is 2.82 bits per heavy atom. The predicted octanol–water partition coefficient (Wildman–Crippen LogP) is 5.08. The van der Waals surface area contributed by atoms with Crippen molar-refractivity contribution in [2.45, 2.75) is 51.5 Å². The second kappa shape index (κ2) is 10.2. The van der Waals surface area contributed by atoms with Gasteiger partial charge in [0, 0.05) is 34.7 Å². The molecule has 1 unspecified atom stereocenters. The highest BCUT2D eigenvalue weighted by Gasteiger charge is 2.23. The van der Waals surface area contributed by atoms with E-state index in [2.05, 4.69) is 20.5 Å². The van der Waals surface area contributed by atoms with E-state index >= 15 is 0 Å². The van der Waals surface area contributed by atoms with Crippen molar-refractivity contribution in [1.29, 1.82) is 0 Å². The maximum Gasteiger partial charge on any atom is 0.251 e. The van der Waals surface area contributed by atoms with Crippen LogP contribution in [0.3, 0.4) is 0 Å². The summed E-state index contributed by atoms with van der Waals surface area (Å²) in [5, 5.41) is 12.3. The number of ether oxygens (including phenoxy) is 2. The molecule has 1 N–H and O–H groups in total. The Hall–Kier alpha value is -2.84. The van der Waals surface area contributed by atoms with E-state index in [1.54, 1.807) is 11.3 Å². The molecule has 1 aromatic carbocycles. The van der Waals surface area contributed by atoms with Gasteiger partial charge in [0.2, 0.25) is 0 Å². The molecule has 1 aliphatic heterocycles. The lowest BCUT2D eigenvalue weighted by Crippen LogP contribution is -2.27. The number of rotatable bonds is 8. The van der Waals surface area contributed by atoms with E-state index in [-0.39, 0.29) is 11.9 Å². The summed E-state index contributed by atoms with van der Waals surface area (Å²) in [6.07, 6.45) is 6.76. The molecule has 2 aliphatic rings. The quantitative estimate of drug-likeness (QED) is 0.486. The molecule has 8 heteroatoms. The fraction of sp³-hybridized carbons (Fsp3) is 0.462. The standard InChI is InChI=1S/C26H30N4O3S/c1-16-6-7-23(30-29-16)17(2)28-25(31)20-10-21(26-27-13-24(34-26)19-4-3-5-19)12-22(11-20)33-15-18-8-9-32-14-18/h6-7,10-13,17-19H,3-5,8-9,14-15H2,1-2H3,(H,28,31)/t17?,18-/m0/s1. The molecular formula is C26H30N4O3S. The molecule has 3 aromatic rings. The van der Waals surface area contributed by atoms with E-state index in [9.17, 15) is 4.79 Å². The van der Waals surface area contributed by atoms with E-state index in [0.29, 0.717) is 29.8 Å². The van der Waals surface area contributed by atoms with Crippen LogP contribution in [-0.4, -0.2) is 40.9 Å². The molecule has 0 radical (unpaired) electrons. The number of hydrogen-bond acceptors (Lipinski definition) is 7. The zero-order chi connectivity index (χ0) is 23.5. The minimum Gasteiger partial charge on any atom is -0.493 e. The number of thiazole rings is 1. The Balaban J connectivity index is 1.38. The summed E-state index contributed by atoms with van der Waals surface area (Å²) < 4.78 is 11.6. The van der Waals surface area contributed by atoms with Gasteiger partial charge in [-0.25, -0.2) is 4.98 Å². The smallest absolute Gasteiger partial charge is 0.251 e. The third kappa shape index (κ3) is 5.28. The van der Waals surface area contributed by atoms with Crippen LogP contribution in [0.1, 0.15) is 71.2 Å². The summed E-state index contributed by atoms with van der Waals surface area (Å²) in [7, 11) is 0. The predicted molar refractivity (Wildman–Crippen MR) is 131 cm³/mol. The van der Waals surface area contributed by atoms with Gasteiger partial charge < -0.3 is 14.8 Å². The first-order valence-corrected chi connectivity index (χ1v) is 12.8. The highest BCUT2D eigenvalue weighted by molar-refractivity contribution is 7.15. The zero-order valence-corrected chi connectivity index (χ0v) is 20.4. The van der Waals surface area contributed by atoms with Crippen LogP contribution in [0.25, 0.3) is 10.6 Å². The summed E-state index contributed by atoms with van der Waals surface area (Å²) in [5.74, 6) is 1.51. The average Bonchev–Trinajstić information content (AvgIpc) is 3.49. The first kappa shape index (κ1) is 22.9. The van der Waals surface area contributed by atoms with Gasteiger partial charge >= 0.3 is 0 Å². The molecule has 178 valence electrons. The number of carbonyl (C=O) groups excluding carboxylic acids is 1. The minimum atomic E-state index is -0.269. The van der Waals surface area contributed by atoms with Crippen molar-refractivity contribution < 1.29 is 14.3 Å². The average molecular weight is 479 g/mol. The summed E-state index contributed by atoms with van der Waals surface area (Å²) in [6, 6.07) is 9.21. The van der Waals surface area contributed by atoms with E-state index in [0.717, 1.165) is 41.6 Å². The van der Waals surface area contributed by atoms with Crippen molar-refractivity contribution in [3.8, 4) is 16.3 Å². The highest BCUT2D eigenvalue weighted by Crippen LogP contribution is 2.41. The number of aromatic nitrogens is 3. The van der Waals surface area contributed by atoms with Crippen LogP contribution in [0.15, 0.2) is 36.5 Å². The molecule has 0 bridgehead atoms. The van der Waals surface area contributed by atoms with Crippen LogP contribution in [0.4, 0.5) is 0 Å². The molecule has 34 heavy (non-hydrogen) atoms. The molecule has 3 heterocycles. The molecule has 7 nitrogen and oxygen atoms in total. The molecule has 2 atom stereocenters. The van der Waals surface area contributed by atoms with Crippen LogP contribution in [0, 0.1) is 12.8 Å². The topological polar surface area (TPSA) is 86.2 Å². The number of nitrogens with one attached hydrogen (secondary N) is 1. The minimum absolute atomic E-state index is 0.179. The van der Waals surface area contributed by atoms with E-state index in [4.69, 9.17) is 9.47 Å². The molecule has 1 amide bonds. The van der Waals surface area contributed by atoms with Gasteiger partial charge in [-0.05, 0) is 69.4 Å². The monoisotopic (exact) mass is 478 g/mol. The molecular weight excluding hydrogens is 448 g/mol. The first-order chi connectivity index (χ1) is 16.5. The summed E-state index contributed by atoms with van der Waals surface area (Å²) in [6.45, 7) is 5.87. The largest absolute Gasteiger partial charge is 0.493 e. The van der Waals surface area contributed by atoms with Crippen molar-refractivity contribution in [3.05, 3.63) is 58.4 Å². The van der Waals surface area contributed by atoms with Crippen molar-refractivity contribution in [2.24, 2.45) is 5.92 Å². The molecule has 2 aromatic heterocycles. The second-order valence-electron chi connectivity index (χ2n) is 9.28. The summed E-state index contributed by atoms with van der Waals surface area (Å²) in [4.78, 5) is 19.2. The lowest BCUT2D eigenvalue weighted by molar-refractivity contribution is 0.0938. The molecule has 5 rings (SSSR count). The number of amides is 1. The van der Waals surface area contributed by atoms with Crippen LogP contribution in [0.2, 0.25) is 0 Å².